The van der Waals surface area contributed by atoms with Crippen molar-refractivity contribution in [2.24, 2.45) is 0 Å². The lowest BCUT2D eigenvalue weighted by molar-refractivity contribution is 0.401. The topological polar surface area (TPSA) is 12.0 Å². The molecule has 0 saturated carbocycles. The van der Waals surface area contributed by atoms with E-state index in [0.717, 1.165) is 23.0 Å². The van der Waals surface area contributed by atoms with Crippen LogP contribution in [-0.4, -0.2) is 12.1 Å². The molecule has 0 spiro atoms. The molecule has 0 aliphatic carbocycles. The summed E-state index contributed by atoms with van der Waals surface area (Å²) in [5.74, 6) is 0.00580. The van der Waals surface area contributed by atoms with E-state index < -0.39 is 0 Å². The summed E-state index contributed by atoms with van der Waals surface area (Å²) in [4.78, 5) is 1.26. The van der Waals surface area contributed by atoms with Gasteiger partial charge in [0.15, 0.2) is 0 Å². The van der Waals surface area contributed by atoms with E-state index in [1.54, 1.807) is 23.5 Å². The first-order valence-electron chi connectivity index (χ1n) is 7.08. The number of benzene rings is 1. The van der Waals surface area contributed by atoms with Gasteiger partial charge in [0.2, 0.25) is 0 Å². The van der Waals surface area contributed by atoms with Crippen LogP contribution in [0.5, 0.6) is 0 Å². The number of hydrogen-bond donors (Lipinski definition) is 1. The molecule has 1 aromatic heterocycles. The van der Waals surface area contributed by atoms with Gasteiger partial charge in [0, 0.05) is 27.4 Å². The monoisotopic (exact) mass is 369 g/mol. The molecule has 0 amide bonds. The molecule has 1 nitrogen and oxygen atoms in total. The van der Waals surface area contributed by atoms with Gasteiger partial charge in [-0.2, -0.15) is 0 Å². The average Bonchev–Trinajstić information content (AvgIpc) is 2.80. The molecule has 0 saturated heterocycles. The number of hydrogen-bond acceptors (Lipinski definition) is 2. The van der Waals surface area contributed by atoms with Crippen LogP contribution in [-0.2, 0) is 6.42 Å². The highest BCUT2D eigenvalue weighted by molar-refractivity contribution is 9.10. The molecule has 4 heteroatoms. The Morgan fingerprint density at radius 2 is 1.95 bits per heavy atom. The van der Waals surface area contributed by atoms with Gasteiger partial charge in [0.05, 0.1) is 0 Å². The highest BCUT2D eigenvalue weighted by Crippen LogP contribution is 2.30. The first kappa shape index (κ1) is 16.7. The van der Waals surface area contributed by atoms with Gasteiger partial charge in [0.1, 0.15) is 5.82 Å². The van der Waals surface area contributed by atoms with Gasteiger partial charge in [0.25, 0.3) is 0 Å². The molecule has 21 heavy (non-hydrogen) atoms. The normalized spacial score (nSPS) is 13.4. The zero-order chi connectivity index (χ0) is 15.5. The molecular weight excluding hydrogens is 349 g/mol. The molecule has 0 radical (unpaired) electrons. The van der Waals surface area contributed by atoms with E-state index in [0.29, 0.717) is 0 Å². The number of nitrogens with one attached hydrogen (secondary N) is 1. The Kier molecular flexibility index (Phi) is 5.58. The van der Waals surface area contributed by atoms with Crippen LogP contribution < -0.4 is 5.32 Å². The molecular formula is C17H21BrFNS. The lowest BCUT2D eigenvalue weighted by atomic mass is 9.93. The van der Waals surface area contributed by atoms with Crippen LogP contribution in [0.15, 0.2) is 40.2 Å². The minimum Gasteiger partial charge on any atom is -0.311 e. The predicted molar refractivity (Wildman–Crippen MR) is 92.6 cm³/mol. The maximum Gasteiger partial charge on any atom is 0.126 e. The lowest BCUT2D eigenvalue weighted by Crippen LogP contribution is -2.39. The molecule has 1 unspecified atom stereocenters. The second-order valence-electron chi connectivity index (χ2n) is 6.25. The number of thiophene rings is 1. The van der Waals surface area contributed by atoms with Crippen LogP contribution in [0.4, 0.5) is 4.39 Å². The first-order chi connectivity index (χ1) is 9.87. The maximum absolute atomic E-state index is 14.2. The third kappa shape index (κ3) is 4.90. The summed E-state index contributed by atoms with van der Waals surface area (Å²) in [5.41, 5.74) is 0.811. The van der Waals surface area contributed by atoms with E-state index in [-0.39, 0.29) is 17.3 Å². The van der Waals surface area contributed by atoms with Crippen molar-refractivity contribution in [3.63, 3.8) is 0 Å². The Hall–Kier alpha value is -0.710. The van der Waals surface area contributed by atoms with Crippen molar-refractivity contribution in [2.45, 2.75) is 38.6 Å². The van der Waals surface area contributed by atoms with Gasteiger partial charge < -0.3 is 5.32 Å². The summed E-state index contributed by atoms with van der Waals surface area (Å²) in [5, 5.41) is 5.57. The van der Waals surface area contributed by atoms with E-state index in [4.69, 9.17) is 0 Å². The SMILES string of the molecule is CC(C)(C)NCC(Cc1sccc1Br)c1ccccc1F. The summed E-state index contributed by atoms with van der Waals surface area (Å²) >= 11 is 5.29. The summed E-state index contributed by atoms with van der Waals surface area (Å²) in [6.45, 7) is 7.15. The fourth-order valence-electron chi connectivity index (χ4n) is 2.22. The molecule has 1 N–H and O–H groups in total. The van der Waals surface area contributed by atoms with Crippen LogP contribution in [0.25, 0.3) is 0 Å². The number of halogens is 2. The van der Waals surface area contributed by atoms with E-state index in [1.165, 1.54) is 4.88 Å². The van der Waals surface area contributed by atoms with Crippen LogP contribution in [0, 0.1) is 5.82 Å². The van der Waals surface area contributed by atoms with E-state index in [9.17, 15) is 4.39 Å². The molecule has 0 aliphatic rings. The third-order valence-electron chi connectivity index (χ3n) is 3.35. The molecule has 1 aromatic carbocycles. The molecule has 0 fully saturated rings. The highest BCUT2D eigenvalue weighted by atomic mass is 79.9. The average molecular weight is 370 g/mol. The van der Waals surface area contributed by atoms with Crippen molar-refractivity contribution in [1.29, 1.82) is 0 Å². The van der Waals surface area contributed by atoms with Crippen LogP contribution in [0.2, 0.25) is 0 Å². The maximum atomic E-state index is 14.2. The second-order valence-corrected chi connectivity index (χ2v) is 8.10. The Morgan fingerprint density at radius 3 is 2.52 bits per heavy atom. The van der Waals surface area contributed by atoms with Gasteiger partial charge in [-0.25, -0.2) is 4.39 Å². The molecule has 1 atom stereocenters. The van der Waals surface area contributed by atoms with Gasteiger partial charge >= 0.3 is 0 Å². The molecule has 0 bridgehead atoms. The minimum atomic E-state index is -0.120. The smallest absolute Gasteiger partial charge is 0.126 e. The zero-order valence-corrected chi connectivity index (χ0v) is 15.0. The zero-order valence-electron chi connectivity index (χ0n) is 12.6. The van der Waals surface area contributed by atoms with Crippen molar-refractivity contribution in [2.75, 3.05) is 6.54 Å². The summed E-state index contributed by atoms with van der Waals surface area (Å²) in [7, 11) is 0. The summed E-state index contributed by atoms with van der Waals surface area (Å²) in [6, 6.07) is 9.14. The van der Waals surface area contributed by atoms with Gasteiger partial charge in [-0.3, -0.25) is 0 Å². The standard InChI is InChI=1S/C17H21BrFNS/c1-17(2,3)20-11-12(10-16-14(18)8-9-21-16)13-6-4-5-7-15(13)19/h4-9,12,20H,10-11H2,1-3H3. The molecule has 1 heterocycles. The lowest BCUT2D eigenvalue weighted by Gasteiger charge is -2.26. The quantitative estimate of drug-likeness (QED) is 0.747. The molecule has 0 aliphatic heterocycles. The van der Waals surface area contributed by atoms with E-state index in [1.807, 2.05) is 12.1 Å². The largest absolute Gasteiger partial charge is 0.311 e. The fraction of sp³-hybridized carbons (Fsp3) is 0.412. The van der Waals surface area contributed by atoms with Crippen LogP contribution >= 0.6 is 27.3 Å². The van der Waals surface area contributed by atoms with Crippen molar-refractivity contribution in [3.8, 4) is 0 Å². The van der Waals surface area contributed by atoms with Crippen molar-refractivity contribution in [1.82, 2.24) is 5.32 Å². The molecule has 2 aromatic rings. The Bertz CT molecular complexity index is 588. The van der Waals surface area contributed by atoms with Crippen LogP contribution in [0.1, 0.15) is 37.1 Å². The Balaban J connectivity index is 2.22. The molecule has 114 valence electrons. The Morgan fingerprint density at radius 1 is 1.24 bits per heavy atom. The van der Waals surface area contributed by atoms with Gasteiger partial charge in [-0.1, -0.05) is 18.2 Å². The fourth-order valence-corrected chi connectivity index (χ4v) is 3.82. The van der Waals surface area contributed by atoms with Crippen LogP contribution in [0.3, 0.4) is 0 Å². The predicted octanol–water partition coefficient (Wildman–Crippen LogP) is 5.36. The molecule has 2 rings (SSSR count). The Labute approximate surface area is 138 Å². The second kappa shape index (κ2) is 7.03. The minimum absolute atomic E-state index is 0.0240. The first-order valence-corrected chi connectivity index (χ1v) is 8.75. The van der Waals surface area contributed by atoms with E-state index >= 15 is 0 Å². The summed E-state index contributed by atoms with van der Waals surface area (Å²) < 4.78 is 15.3. The number of rotatable bonds is 5. The van der Waals surface area contributed by atoms with Crippen molar-refractivity contribution in [3.05, 3.63) is 56.4 Å². The highest BCUT2D eigenvalue weighted by Gasteiger charge is 2.20. The van der Waals surface area contributed by atoms with Crippen molar-refractivity contribution < 1.29 is 4.39 Å². The summed E-state index contributed by atoms with van der Waals surface area (Å²) in [6.07, 6.45) is 0.836. The van der Waals surface area contributed by atoms with Crippen molar-refractivity contribution >= 4 is 27.3 Å². The van der Waals surface area contributed by atoms with E-state index in [2.05, 4.69) is 53.5 Å². The van der Waals surface area contributed by atoms with Gasteiger partial charge in [-0.15, -0.1) is 11.3 Å². The van der Waals surface area contributed by atoms with Gasteiger partial charge in [-0.05, 0) is 66.2 Å². The third-order valence-corrected chi connectivity index (χ3v) is 5.30.